The Bertz CT molecular complexity index is 1350. The van der Waals surface area contributed by atoms with Crippen LogP contribution >= 0.6 is 11.6 Å². The largest absolute Gasteiger partial charge is 0.334 e. The van der Waals surface area contributed by atoms with Crippen LogP contribution in [-0.2, 0) is 16.3 Å². The maximum atomic E-state index is 13.6. The molecule has 0 radical (unpaired) electrons. The summed E-state index contributed by atoms with van der Waals surface area (Å²) >= 11 is 6.29. The number of carbonyl (C=O) groups is 1. The fraction of sp³-hybridized carbons (Fsp3) is 0.444. The van der Waals surface area contributed by atoms with Crippen molar-refractivity contribution in [2.75, 3.05) is 19.3 Å². The van der Waals surface area contributed by atoms with E-state index in [-0.39, 0.29) is 22.3 Å². The molecular weight excluding hydrogens is 496 g/mol. The third-order valence-corrected chi connectivity index (χ3v) is 9.52. The molecule has 2 aromatic rings. The lowest BCUT2D eigenvalue weighted by atomic mass is 9.63. The summed E-state index contributed by atoms with van der Waals surface area (Å²) < 4.78 is 24.1. The van der Waals surface area contributed by atoms with Crippen LogP contribution in [0.4, 0.5) is 0 Å². The van der Waals surface area contributed by atoms with Crippen LogP contribution in [-0.4, -0.2) is 54.6 Å². The molecule has 190 valence electrons. The van der Waals surface area contributed by atoms with Gasteiger partial charge in [0.2, 0.25) is 0 Å². The van der Waals surface area contributed by atoms with Crippen LogP contribution in [0.5, 0.6) is 0 Å². The molecule has 36 heavy (non-hydrogen) atoms. The van der Waals surface area contributed by atoms with Gasteiger partial charge in [0.1, 0.15) is 12.0 Å². The second kappa shape index (κ2) is 9.72. The van der Waals surface area contributed by atoms with Crippen molar-refractivity contribution >= 4 is 27.3 Å². The number of nitrogens with zero attached hydrogens (tertiary/aromatic N) is 3. The lowest BCUT2D eigenvalue weighted by Gasteiger charge is -2.47. The summed E-state index contributed by atoms with van der Waals surface area (Å²) in [5.74, 6) is 0.254. The summed E-state index contributed by atoms with van der Waals surface area (Å²) in [6.07, 6.45) is 14.1. The number of halogens is 1. The standard InChI is InChI=1S/C27H31ClN4O3S/c1-36(34,35)22-7-2-4-18(14-22)24-23-10-13-32(26(33)25(23)31-17-30-24)21-8-11-27(16-29,12-9-21)19-5-3-6-20(28)15-19/h2-4,6-7,14-15,17,19,21H,5,8-13,16,29H2,1H3. The van der Waals surface area contributed by atoms with Crippen LogP contribution in [0.2, 0.25) is 0 Å². The molecule has 0 spiro atoms. The van der Waals surface area contributed by atoms with Gasteiger partial charge in [0, 0.05) is 35.0 Å². The van der Waals surface area contributed by atoms with Crippen LogP contribution in [0.25, 0.3) is 11.3 Å². The van der Waals surface area contributed by atoms with Gasteiger partial charge in [-0.1, -0.05) is 35.9 Å². The number of sulfone groups is 1. The number of nitrogens with two attached hydrogens (primary N) is 1. The van der Waals surface area contributed by atoms with Gasteiger partial charge < -0.3 is 10.6 Å². The Kier molecular flexibility index (Phi) is 6.78. The maximum Gasteiger partial charge on any atom is 0.273 e. The number of fused-ring (bicyclic) bond motifs is 1. The highest BCUT2D eigenvalue weighted by atomic mass is 35.5. The number of carbonyl (C=O) groups excluding carboxylic acids is 1. The van der Waals surface area contributed by atoms with Gasteiger partial charge in [0.25, 0.3) is 5.91 Å². The Morgan fingerprint density at radius 3 is 2.64 bits per heavy atom. The summed E-state index contributed by atoms with van der Waals surface area (Å²) in [7, 11) is -3.35. The number of aromatic nitrogens is 2. The van der Waals surface area contributed by atoms with Crippen molar-refractivity contribution < 1.29 is 13.2 Å². The molecule has 1 aromatic heterocycles. The highest BCUT2D eigenvalue weighted by Crippen LogP contribution is 2.47. The molecule has 1 fully saturated rings. The smallest absolute Gasteiger partial charge is 0.273 e. The predicted molar refractivity (Wildman–Crippen MR) is 140 cm³/mol. The molecule has 2 heterocycles. The highest BCUT2D eigenvalue weighted by Gasteiger charge is 2.43. The molecule has 1 aromatic carbocycles. The van der Waals surface area contributed by atoms with E-state index in [1.165, 1.54) is 12.6 Å². The second-order valence-corrected chi connectivity index (χ2v) is 12.6. The molecule has 9 heteroatoms. The molecule has 1 amide bonds. The minimum Gasteiger partial charge on any atom is -0.334 e. The Hall–Kier alpha value is -2.55. The molecule has 1 aliphatic heterocycles. The van der Waals surface area contributed by atoms with Gasteiger partial charge in [0.05, 0.1) is 10.6 Å². The summed E-state index contributed by atoms with van der Waals surface area (Å²) in [6.45, 7) is 1.20. The summed E-state index contributed by atoms with van der Waals surface area (Å²) in [5.41, 5.74) is 8.82. The average molecular weight is 527 g/mol. The van der Waals surface area contributed by atoms with Crippen molar-refractivity contribution in [2.24, 2.45) is 17.1 Å². The minimum atomic E-state index is -3.35. The molecule has 1 unspecified atom stereocenters. The van der Waals surface area contributed by atoms with Crippen LogP contribution in [0.15, 0.2) is 58.7 Å². The van der Waals surface area contributed by atoms with Gasteiger partial charge in [-0.05, 0) is 74.6 Å². The average Bonchev–Trinajstić information content (AvgIpc) is 2.88. The van der Waals surface area contributed by atoms with Crippen molar-refractivity contribution in [3.05, 3.63) is 65.1 Å². The summed E-state index contributed by atoms with van der Waals surface area (Å²) in [6, 6.07) is 6.85. The first kappa shape index (κ1) is 25.1. The van der Waals surface area contributed by atoms with Crippen LogP contribution < -0.4 is 5.73 Å². The lowest BCUT2D eigenvalue weighted by molar-refractivity contribution is 0.0431. The van der Waals surface area contributed by atoms with Gasteiger partial charge in [0.15, 0.2) is 9.84 Å². The Balaban J connectivity index is 1.36. The lowest BCUT2D eigenvalue weighted by Crippen LogP contribution is -2.50. The monoisotopic (exact) mass is 526 g/mol. The Morgan fingerprint density at radius 1 is 1.19 bits per heavy atom. The van der Waals surface area contributed by atoms with Crippen molar-refractivity contribution in [3.8, 4) is 11.3 Å². The van der Waals surface area contributed by atoms with E-state index in [0.717, 1.165) is 42.7 Å². The molecule has 1 atom stereocenters. The van der Waals surface area contributed by atoms with E-state index in [4.69, 9.17) is 17.3 Å². The van der Waals surface area contributed by atoms with E-state index in [2.05, 4.69) is 22.1 Å². The number of hydrogen-bond acceptors (Lipinski definition) is 6. The van der Waals surface area contributed by atoms with Crippen molar-refractivity contribution in [3.63, 3.8) is 0 Å². The Labute approximate surface area is 217 Å². The van der Waals surface area contributed by atoms with E-state index in [1.54, 1.807) is 18.2 Å². The van der Waals surface area contributed by atoms with Crippen molar-refractivity contribution in [1.29, 1.82) is 0 Å². The molecule has 2 N–H and O–H groups in total. The van der Waals surface area contributed by atoms with Gasteiger partial charge in [-0.15, -0.1) is 0 Å². The number of benzene rings is 1. The molecular formula is C27H31ClN4O3S. The molecule has 0 bridgehead atoms. The van der Waals surface area contributed by atoms with Gasteiger partial charge in [-0.3, -0.25) is 4.79 Å². The van der Waals surface area contributed by atoms with Crippen LogP contribution in [0, 0.1) is 11.3 Å². The first-order valence-electron chi connectivity index (χ1n) is 12.4. The van der Waals surface area contributed by atoms with Gasteiger partial charge in [-0.2, -0.15) is 0 Å². The number of amides is 1. The van der Waals surface area contributed by atoms with Crippen LogP contribution in [0.3, 0.4) is 0 Å². The minimum absolute atomic E-state index is 0.0120. The van der Waals surface area contributed by atoms with Crippen molar-refractivity contribution in [2.45, 2.75) is 49.5 Å². The molecule has 3 aliphatic rings. The number of hydrogen-bond donors (Lipinski definition) is 1. The first-order valence-corrected chi connectivity index (χ1v) is 14.7. The topological polar surface area (TPSA) is 106 Å². The fourth-order valence-electron chi connectivity index (χ4n) is 6.06. The summed E-state index contributed by atoms with van der Waals surface area (Å²) in [5, 5.41) is 0.779. The zero-order chi connectivity index (χ0) is 25.5. The van der Waals surface area contributed by atoms with Gasteiger partial charge in [-0.25, -0.2) is 18.4 Å². The van der Waals surface area contributed by atoms with E-state index in [1.807, 2.05) is 17.0 Å². The molecule has 2 aliphatic carbocycles. The third-order valence-electron chi connectivity index (χ3n) is 8.16. The normalized spacial score (nSPS) is 26.5. The van der Waals surface area contributed by atoms with E-state index in [9.17, 15) is 13.2 Å². The molecule has 0 saturated heterocycles. The zero-order valence-corrected chi connectivity index (χ0v) is 21.9. The highest BCUT2D eigenvalue weighted by molar-refractivity contribution is 7.90. The van der Waals surface area contributed by atoms with E-state index < -0.39 is 9.84 Å². The van der Waals surface area contributed by atoms with Crippen molar-refractivity contribution in [1.82, 2.24) is 14.9 Å². The predicted octanol–water partition coefficient (Wildman–Crippen LogP) is 4.13. The maximum absolute atomic E-state index is 13.6. The summed E-state index contributed by atoms with van der Waals surface area (Å²) in [4.78, 5) is 24.6. The Morgan fingerprint density at radius 2 is 1.94 bits per heavy atom. The number of rotatable bonds is 5. The zero-order valence-electron chi connectivity index (χ0n) is 20.4. The second-order valence-electron chi connectivity index (χ2n) is 10.2. The molecule has 1 saturated carbocycles. The van der Waals surface area contributed by atoms with E-state index in [0.29, 0.717) is 42.4 Å². The van der Waals surface area contributed by atoms with Crippen LogP contribution in [0.1, 0.15) is 48.2 Å². The molecule has 7 nitrogen and oxygen atoms in total. The third kappa shape index (κ3) is 4.62. The number of allylic oxidation sites excluding steroid dienone is 4. The van der Waals surface area contributed by atoms with Gasteiger partial charge >= 0.3 is 0 Å². The quantitative estimate of drug-likeness (QED) is 0.627. The van der Waals surface area contributed by atoms with E-state index >= 15 is 0 Å². The first-order chi connectivity index (χ1) is 17.2. The molecule has 5 rings (SSSR count). The fourth-order valence-corrected chi connectivity index (χ4v) is 6.97. The SMILES string of the molecule is CS(=O)(=O)c1cccc(-c2ncnc3c2CCN(C2CCC(CN)(C4C=C(Cl)C=CC4)CC2)C3=O)c1.